The molecule has 24 heavy (non-hydrogen) atoms. The van der Waals surface area contributed by atoms with Gasteiger partial charge in [-0.05, 0) is 37.1 Å². The minimum absolute atomic E-state index is 0.147. The SMILES string of the molecule is COc1ccc(C2CCCN2c2ccc(C(=O)O)cn2)c(OC)c1. The normalized spacial score (nSPS) is 16.9. The summed E-state index contributed by atoms with van der Waals surface area (Å²) >= 11 is 0. The van der Waals surface area contributed by atoms with Crippen molar-refractivity contribution < 1.29 is 19.4 Å². The van der Waals surface area contributed by atoms with Crippen molar-refractivity contribution in [1.82, 2.24) is 4.98 Å². The lowest BCUT2D eigenvalue weighted by atomic mass is 10.0. The minimum Gasteiger partial charge on any atom is -0.497 e. The van der Waals surface area contributed by atoms with Gasteiger partial charge in [0.05, 0.1) is 25.8 Å². The number of carboxylic acids is 1. The summed E-state index contributed by atoms with van der Waals surface area (Å²) in [5.41, 5.74) is 1.27. The number of benzene rings is 1. The van der Waals surface area contributed by atoms with Crippen LogP contribution in [0, 0.1) is 0 Å². The molecule has 0 aliphatic carbocycles. The van der Waals surface area contributed by atoms with Gasteiger partial charge in [0.1, 0.15) is 17.3 Å². The van der Waals surface area contributed by atoms with Gasteiger partial charge < -0.3 is 19.5 Å². The van der Waals surface area contributed by atoms with Crippen LogP contribution in [-0.2, 0) is 0 Å². The molecule has 1 N–H and O–H groups in total. The number of anilines is 1. The Labute approximate surface area is 140 Å². The Morgan fingerprint density at radius 1 is 1.25 bits per heavy atom. The Morgan fingerprint density at radius 3 is 2.71 bits per heavy atom. The van der Waals surface area contributed by atoms with Crippen LogP contribution in [0.5, 0.6) is 11.5 Å². The summed E-state index contributed by atoms with van der Waals surface area (Å²) in [6.45, 7) is 0.874. The van der Waals surface area contributed by atoms with Crippen LogP contribution in [-0.4, -0.2) is 36.8 Å². The van der Waals surface area contributed by atoms with Crippen molar-refractivity contribution in [2.45, 2.75) is 18.9 Å². The molecule has 1 aromatic carbocycles. The summed E-state index contributed by atoms with van der Waals surface area (Å²) < 4.78 is 10.8. The van der Waals surface area contributed by atoms with E-state index in [1.54, 1.807) is 26.4 Å². The van der Waals surface area contributed by atoms with Crippen molar-refractivity contribution in [2.75, 3.05) is 25.7 Å². The fraction of sp³-hybridized carbons (Fsp3) is 0.333. The zero-order chi connectivity index (χ0) is 17.1. The maximum atomic E-state index is 11.0. The average Bonchev–Trinajstić information content (AvgIpc) is 3.10. The maximum absolute atomic E-state index is 11.0. The first-order valence-corrected chi connectivity index (χ1v) is 7.82. The summed E-state index contributed by atoms with van der Waals surface area (Å²) in [4.78, 5) is 17.5. The highest BCUT2D eigenvalue weighted by molar-refractivity contribution is 5.87. The number of methoxy groups -OCH3 is 2. The number of hydrogen-bond acceptors (Lipinski definition) is 5. The van der Waals surface area contributed by atoms with Crippen molar-refractivity contribution in [1.29, 1.82) is 0 Å². The Hall–Kier alpha value is -2.76. The smallest absolute Gasteiger partial charge is 0.337 e. The van der Waals surface area contributed by atoms with Crippen LogP contribution in [0.1, 0.15) is 34.8 Å². The van der Waals surface area contributed by atoms with Crippen LogP contribution < -0.4 is 14.4 Å². The van der Waals surface area contributed by atoms with Crippen molar-refractivity contribution in [3.05, 3.63) is 47.7 Å². The lowest BCUT2D eigenvalue weighted by Gasteiger charge is -2.27. The topological polar surface area (TPSA) is 71.9 Å². The highest BCUT2D eigenvalue weighted by Gasteiger charge is 2.29. The molecule has 1 aliphatic heterocycles. The Bertz CT molecular complexity index is 730. The molecule has 2 heterocycles. The Balaban J connectivity index is 1.92. The summed E-state index contributed by atoms with van der Waals surface area (Å²) in [6, 6.07) is 9.33. The molecule has 2 aromatic rings. The quantitative estimate of drug-likeness (QED) is 0.909. The first kappa shape index (κ1) is 16.1. The van der Waals surface area contributed by atoms with Gasteiger partial charge >= 0.3 is 5.97 Å². The average molecular weight is 328 g/mol. The summed E-state index contributed by atoms with van der Waals surface area (Å²) in [6.07, 6.45) is 3.44. The van der Waals surface area contributed by atoms with Crippen LogP contribution in [0.4, 0.5) is 5.82 Å². The lowest BCUT2D eigenvalue weighted by molar-refractivity contribution is 0.0696. The molecule has 1 unspecified atom stereocenters. The molecule has 0 bridgehead atoms. The number of pyridine rings is 1. The molecule has 6 nitrogen and oxygen atoms in total. The van der Waals surface area contributed by atoms with Gasteiger partial charge in [0.15, 0.2) is 0 Å². The van der Waals surface area contributed by atoms with Gasteiger partial charge in [0, 0.05) is 24.4 Å². The second-order valence-electron chi connectivity index (χ2n) is 5.67. The molecular formula is C18H20N2O4. The van der Waals surface area contributed by atoms with Crippen molar-refractivity contribution in [3.8, 4) is 11.5 Å². The molecule has 1 aliphatic rings. The van der Waals surface area contributed by atoms with Gasteiger partial charge in [-0.3, -0.25) is 0 Å². The van der Waals surface area contributed by atoms with E-state index in [2.05, 4.69) is 9.88 Å². The van der Waals surface area contributed by atoms with E-state index in [1.165, 1.54) is 6.20 Å². The zero-order valence-electron chi connectivity index (χ0n) is 13.7. The van der Waals surface area contributed by atoms with Gasteiger partial charge in [-0.2, -0.15) is 0 Å². The van der Waals surface area contributed by atoms with Crippen molar-refractivity contribution in [3.63, 3.8) is 0 Å². The van der Waals surface area contributed by atoms with E-state index >= 15 is 0 Å². The molecule has 0 spiro atoms. The molecule has 0 radical (unpaired) electrons. The highest BCUT2D eigenvalue weighted by Crippen LogP contribution is 2.40. The molecule has 0 saturated carbocycles. The van der Waals surface area contributed by atoms with Gasteiger partial charge in [-0.1, -0.05) is 0 Å². The Morgan fingerprint density at radius 2 is 2.08 bits per heavy atom. The number of hydrogen-bond donors (Lipinski definition) is 1. The fourth-order valence-corrected chi connectivity index (χ4v) is 3.14. The van der Waals surface area contributed by atoms with Crippen LogP contribution in [0.3, 0.4) is 0 Å². The van der Waals surface area contributed by atoms with Gasteiger partial charge in [0.25, 0.3) is 0 Å². The van der Waals surface area contributed by atoms with E-state index in [4.69, 9.17) is 14.6 Å². The van der Waals surface area contributed by atoms with Gasteiger partial charge in [0.2, 0.25) is 0 Å². The van der Waals surface area contributed by atoms with Crippen LogP contribution in [0.25, 0.3) is 0 Å². The predicted octanol–water partition coefficient (Wildman–Crippen LogP) is 3.14. The number of ether oxygens (including phenoxy) is 2. The molecule has 0 amide bonds. The number of aromatic carboxylic acids is 1. The molecule has 126 valence electrons. The number of carbonyl (C=O) groups is 1. The van der Waals surface area contributed by atoms with E-state index in [0.717, 1.165) is 42.3 Å². The molecule has 1 saturated heterocycles. The van der Waals surface area contributed by atoms with E-state index in [0.29, 0.717) is 0 Å². The van der Waals surface area contributed by atoms with Crippen molar-refractivity contribution in [2.24, 2.45) is 0 Å². The molecule has 1 atom stereocenters. The molecule has 1 aromatic heterocycles. The van der Waals surface area contributed by atoms with E-state index in [1.807, 2.05) is 18.2 Å². The summed E-state index contributed by atoms with van der Waals surface area (Å²) in [5.74, 6) is 1.35. The monoisotopic (exact) mass is 328 g/mol. The number of aromatic nitrogens is 1. The maximum Gasteiger partial charge on any atom is 0.337 e. The summed E-state index contributed by atoms with van der Waals surface area (Å²) in [5, 5.41) is 9.01. The number of carboxylic acid groups (broad SMARTS) is 1. The number of rotatable bonds is 5. The zero-order valence-corrected chi connectivity index (χ0v) is 13.7. The van der Waals surface area contributed by atoms with Crippen LogP contribution >= 0.6 is 0 Å². The second kappa shape index (κ2) is 6.78. The van der Waals surface area contributed by atoms with Crippen LogP contribution in [0.15, 0.2) is 36.5 Å². The molecular weight excluding hydrogens is 308 g/mol. The first-order valence-electron chi connectivity index (χ1n) is 7.82. The first-order chi connectivity index (χ1) is 11.6. The highest BCUT2D eigenvalue weighted by atomic mass is 16.5. The third-order valence-corrected chi connectivity index (χ3v) is 4.34. The molecule has 3 rings (SSSR count). The van der Waals surface area contributed by atoms with E-state index in [9.17, 15) is 4.79 Å². The standard InChI is InChI=1S/C18H20N2O4/c1-23-13-6-7-14(16(10-13)24-2)15-4-3-9-20(15)17-8-5-12(11-19-17)18(21)22/h5-8,10-11,15H,3-4,9H2,1-2H3,(H,21,22). The van der Waals surface area contributed by atoms with Crippen LogP contribution in [0.2, 0.25) is 0 Å². The fourth-order valence-electron chi connectivity index (χ4n) is 3.14. The largest absolute Gasteiger partial charge is 0.497 e. The third-order valence-electron chi connectivity index (χ3n) is 4.34. The minimum atomic E-state index is -0.969. The molecule has 1 fully saturated rings. The van der Waals surface area contributed by atoms with Gasteiger partial charge in [-0.15, -0.1) is 0 Å². The summed E-state index contributed by atoms with van der Waals surface area (Å²) in [7, 11) is 3.28. The van der Waals surface area contributed by atoms with Gasteiger partial charge in [-0.25, -0.2) is 9.78 Å². The number of nitrogens with zero attached hydrogens (tertiary/aromatic N) is 2. The third kappa shape index (κ3) is 2.99. The van der Waals surface area contributed by atoms with E-state index in [-0.39, 0.29) is 11.6 Å². The molecule has 6 heteroatoms. The van der Waals surface area contributed by atoms with Crippen molar-refractivity contribution >= 4 is 11.8 Å². The lowest BCUT2D eigenvalue weighted by Crippen LogP contribution is -2.24. The Kier molecular flexibility index (Phi) is 4.55. The second-order valence-corrected chi connectivity index (χ2v) is 5.67. The van der Waals surface area contributed by atoms with E-state index < -0.39 is 5.97 Å². The predicted molar refractivity (Wildman–Crippen MR) is 90.1 cm³/mol.